The first-order valence-electron chi connectivity index (χ1n) is 3.68. The van der Waals surface area contributed by atoms with E-state index in [1.54, 1.807) is 6.08 Å². The van der Waals surface area contributed by atoms with E-state index < -0.39 is 0 Å². The first-order valence-corrected chi connectivity index (χ1v) is 3.68. The van der Waals surface area contributed by atoms with Crippen LogP contribution in [0, 0.1) is 0 Å². The number of allylic oxidation sites excluding steroid dienone is 1. The summed E-state index contributed by atoms with van der Waals surface area (Å²) in [4.78, 5) is 10.8. The minimum atomic E-state index is 0.127. The van der Waals surface area contributed by atoms with E-state index >= 15 is 0 Å². The summed E-state index contributed by atoms with van der Waals surface area (Å²) in [6.07, 6.45) is 4.10. The van der Waals surface area contributed by atoms with Gasteiger partial charge >= 0.3 is 0 Å². The lowest BCUT2D eigenvalue weighted by atomic mass is 10.3. The molecule has 0 aliphatic carbocycles. The average molecular weight is 141 g/mol. The van der Waals surface area contributed by atoms with Gasteiger partial charge in [0.1, 0.15) is 0 Å². The smallest absolute Gasteiger partial charge is 0.220 e. The topological polar surface area (TPSA) is 29.1 Å². The zero-order valence-electron chi connectivity index (χ0n) is 6.52. The largest absolute Gasteiger partial charge is 0.356 e. The highest BCUT2D eigenvalue weighted by molar-refractivity contribution is 5.75. The van der Waals surface area contributed by atoms with Crippen molar-refractivity contribution in [2.24, 2.45) is 0 Å². The second kappa shape index (κ2) is 6.33. The van der Waals surface area contributed by atoms with Gasteiger partial charge in [-0.25, -0.2) is 0 Å². The van der Waals surface area contributed by atoms with E-state index in [2.05, 4.69) is 11.9 Å². The molecule has 10 heavy (non-hydrogen) atoms. The van der Waals surface area contributed by atoms with Gasteiger partial charge in [-0.15, -0.1) is 6.58 Å². The molecule has 0 radical (unpaired) electrons. The van der Waals surface area contributed by atoms with Crippen LogP contribution in [0.4, 0.5) is 0 Å². The van der Waals surface area contributed by atoms with E-state index in [4.69, 9.17) is 0 Å². The molecule has 0 unspecified atom stereocenters. The Morgan fingerprint density at radius 2 is 2.40 bits per heavy atom. The van der Waals surface area contributed by atoms with Gasteiger partial charge in [-0.05, 0) is 12.8 Å². The molecule has 0 atom stereocenters. The summed E-state index contributed by atoms with van der Waals surface area (Å²) in [7, 11) is 0. The molecule has 0 aliphatic heterocycles. The van der Waals surface area contributed by atoms with Crippen LogP contribution < -0.4 is 5.32 Å². The van der Waals surface area contributed by atoms with E-state index in [9.17, 15) is 4.79 Å². The first kappa shape index (κ1) is 9.21. The third-order valence-corrected chi connectivity index (χ3v) is 1.15. The fourth-order valence-electron chi connectivity index (χ4n) is 0.586. The number of amides is 1. The van der Waals surface area contributed by atoms with Gasteiger partial charge in [0.15, 0.2) is 0 Å². The summed E-state index contributed by atoms with van der Waals surface area (Å²) in [5.41, 5.74) is 0. The average Bonchev–Trinajstić information content (AvgIpc) is 1.97. The van der Waals surface area contributed by atoms with Crippen molar-refractivity contribution in [3.63, 3.8) is 0 Å². The van der Waals surface area contributed by atoms with Crippen molar-refractivity contribution >= 4 is 5.91 Å². The predicted octanol–water partition coefficient (Wildman–Crippen LogP) is 1.48. The molecule has 0 aromatic heterocycles. The van der Waals surface area contributed by atoms with Crippen LogP contribution in [0.3, 0.4) is 0 Å². The Morgan fingerprint density at radius 1 is 1.70 bits per heavy atom. The van der Waals surface area contributed by atoms with Gasteiger partial charge in [0.2, 0.25) is 5.91 Å². The summed E-state index contributed by atoms with van der Waals surface area (Å²) in [6, 6.07) is 0. The minimum absolute atomic E-state index is 0.127. The molecular formula is C8H15NO. The molecule has 0 heterocycles. The van der Waals surface area contributed by atoms with Crippen molar-refractivity contribution in [1.82, 2.24) is 5.32 Å². The third kappa shape index (κ3) is 5.35. The Bertz CT molecular complexity index is 110. The predicted molar refractivity (Wildman–Crippen MR) is 42.7 cm³/mol. The van der Waals surface area contributed by atoms with Gasteiger partial charge in [-0.2, -0.15) is 0 Å². The minimum Gasteiger partial charge on any atom is -0.356 e. The van der Waals surface area contributed by atoms with Crippen LogP contribution in [0.5, 0.6) is 0 Å². The van der Waals surface area contributed by atoms with Crippen LogP contribution in [0.1, 0.15) is 26.2 Å². The van der Waals surface area contributed by atoms with E-state index in [0.29, 0.717) is 6.42 Å². The number of carbonyl (C=O) groups excluding carboxylic acids is 1. The van der Waals surface area contributed by atoms with Crippen molar-refractivity contribution in [2.45, 2.75) is 26.2 Å². The SMILES string of the molecule is C=CCCC(=O)NCCC. The maximum absolute atomic E-state index is 10.8. The molecule has 2 nitrogen and oxygen atoms in total. The summed E-state index contributed by atoms with van der Waals surface area (Å²) in [5, 5.41) is 2.78. The standard InChI is InChI=1S/C8H15NO/c1-3-5-6-8(10)9-7-4-2/h3H,1,4-7H2,2H3,(H,9,10). The molecule has 0 aromatic carbocycles. The molecule has 0 saturated heterocycles. The molecule has 0 aromatic rings. The van der Waals surface area contributed by atoms with Gasteiger partial charge in [-0.3, -0.25) is 4.79 Å². The maximum atomic E-state index is 10.8. The van der Waals surface area contributed by atoms with E-state index in [1.165, 1.54) is 0 Å². The molecular weight excluding hydrogens is 126 g/mol. The lowest BCUT2D eigenvalue weighted by molar-refractivity contribution is -0.120. The van der Waals surface area contributed by atoms with Gasteiger partial charge < -0.3 is 5.32 Å². The number of hydrogen-bond acceptors (Lipinski definition) is 1. The quantitative estimate of drug-likeness (QED) is 0.577. The molecule has 2 heteroatoms. The van der Waals surface area contributed by atoms with E-state index in [1.807, 2.05) is 6.92 Å². The number of carbonyl (C=O) groups is 1. The van der Waals surface area contributed by atoms with E-state index in [-0.39, 0.29) is 5.91 Å². The molecule has 0 aliphatic rings. The van der Waals surface area contributed by atoms with Crippen molar-refractivity contribution in [3.8, 4) is 0 Å². The Labute approximate surface area is 62.3 Å². The lowest BCUT2D eigenvalue weighted by Gasteiger charge is -1.99. The highest BCUT2D eigenvalue weighted by Gasteiger charge is 1.95. The van der Waals surface area contributed by atoms with Gasteiger partial charge in [0.25, 0.3) is 0 Å². The Hall–Kier alpha value is -0.790. The lowest BCUT2D eigenvalue weighted by Crippen LogP contribution is -2.23. The fourth-order valence-corrected chi connectivity index (χ4v) is 0.586. The maximum Gasteiger partial charge on any atom is 0.220 e. The summed E-state index contributed by atoms with van der Waals surface area (Å²) >= 11 is 0. The normalized spacial score (nSPS) is 8.90. The highest BCUT2D eigenvalue weighted by Crippen LogP contribution is 1.88. The Balaban J connectivity index is 3.16. The number of rotatable bonds is 5. The molecule has 58 valence electrons. The van der Waals surface area contributed by atoms with Crippen LogP contribution in [0.15, 0.2) is 12.7 Å². The molecule has 0 spiro atoms. The van der Waals surface area contributed by atoms with Crippen LogP contribution in [0.2, 0.25) is 0 Å². The molecule has 1 amide bonds. The highest BCUT2D eigenvalue weighted by atomic mass is 16.1. The van der Waals surface area contributed by atoms with Crippen LogP contribution in [-0.2, 0) is 4.79 Å². The third-order valence-electron chi connectivity index (χ3n) is 1.15. The van der Waals surface area contributed by atoms with E-state index in [0.717, 1.165) is 19.4 Å². The van der Waals surface area contributed by atoms with Gasteiger partial charge in [0.05, 0.1) is 0 Å². The second-order valence-corrected chi connectivity index (χ2v) is 2.18. The number of hydrogen-bond donors (Lipinski definition) is 1. The fraction of sp³-hybridized carbons (Fsp3) is 0.625. The summed E-state index contributed by atoms with van der Waals surface area (Å²) in [6.45, 7) is 6.36. The van der Waals surface area contributed by atoms with Crippen LogP contribution >= 0.6 is 0 Å². The Kier molecular flexibility index (Phi) is 5.83. The van der Waals surface area contributed by atoms with Crippen molar-refractivity contribution < 1.29 is 4.79 Å². The zero-order chi connectivity index (χ0) is 7.82. The monoisotopic (exact) mass is 141 g/mol. The summed E-state index contributed by atoms with van der Waals surface area (Å²) < 4.78 is 0. The Morgan fingerprint density at radius 3 is 2.90 bits per heavy atom. The van der Waals surface area contributed by atoms with Crippen LogP contribution in [-0.4, -0.2) is 12.5 Å². The zero-order valence-corrected chi connectivity index (χ0v) is 6.52. The second-order valence-electron chi connectivity index (χ2n) is 2.18. The molecule has 0 saturated carbocycles. The summed E-state index contributed by atoms with van der Waals surface area (Å²) in [5.74, 6) is 0.127. The molecule has 1 N–H and O–H groups in total. The van der Waals surface area contributed by atoms with Gasteiger partial charge in [-0.1, -0.05) is 13.0 Å². The van der Waals surface area contributed by atoms with Crippen molar-refractivity contribution in [1.29, 1.82) is 0 Å². The number of nitrogens with one attached hydrogen (secondary N) is 1. The van der Waals surface area contributed by atoms with Crippen molar-refractivity contribution in [3.05, 3.63) is 12.7 Å². The molecule has 0 bridgehead atoms. The molecule has 0 rings (SSSR count). The van der Waals surface area contributed by atoms with Crippen LogP contribution in [0.25, 0.3) is 0 Å². The van der Waals surface area contributed by atoms with Crippen molar-refractivity contribution in [2.75, 3.05) is 6.54 Å². The molecule has 0 fully saturated rings. The van der Waals surface area contributed by atoms with Gasteiger partial charge in [0, 0.05) is 13.0 Å². The first-order chi connectivity index (χ1) is 4.81.